The quantitative estimate of drug-likeness (QED) is 0.429. The van der Waals surface area contributed by atoms with Crippen LogP contribution in [0.5, 0.6) is 11.5 Å². The maximum Gasteiger partial charge on any atom is 0.294 e. The maximum atomic E-state index is 12.5. The van der Waals surface area contributed by atoms with Crippen LogP contribution < -0.4 is 14.8 Å². The van der Waals surface area contributed by atoms with Crippen molar-refractivity contribution in [3.8, 4) is 17.2 Å². The number of nitro groups is 1. The number of hydrogen-bond donors (Lipinski definition) is 2. The number of methoxy groups -OCH3 is 2. The Bertz CT molecular complexity index is 1050. The third kappa shape index (κ3) is 4.39. The smallest absolute Gasteiger partial charge is 0.294 e. The van der Waals surface area contributed by atoms with E-state index in [1.54, 1.807) is 24.4 Å². The van der Waals surface area contributed by atoms with E-state index < -0.39 is 16.9 Å². The highest BCUT2D eigenvalue weighted by Crippen LogP contribution is 2.29. The summed E-state index contributed by atoms with van der Waals surface area (Å²) in [5.74, 6) is 0.413. The van der Waals surface area contributed by atoms with Gasteiger partial charge in [0.1, 0.15) is 23.3 Å². The fraction of sp³-hybridized carbons (Fsp3) is 0.200. The SMILES string of the molecule is COc1ccc(OC)c(C(O)CNC(=O)c2ccc(-n3ccnc3)c([N+](=O)[O-])c2)c1. The minimum Gasteiger partial charge on any atom is -0.497 e. The number of carbonyl (C=O) groups is 1. The van der Waals surface area contributed by atoms with Crippen molar-refractivity contribution in [1.29, 1.82) is 0 Å². The van der Waals surface area contributed by atoms with Crippen LogP contribution in [0.15, 0.2) is 55.1 Å². The van der Waals surface area contributed by atoms with Crippen molar-refractivity contribution >= 4 is 11.6 Å². The molecule has 2 N–H and O–H groups in total. The molecule has 10 heteroatoms. The molecule has 0 saturated carbocycles. The number of hydrogen-bond acceptors (Lipinski definition) is 7. The molecule has 1 atom stereocenters. The number of aromatic nitrogens is 2. The van der Waals surface area contributed by atoms with Crippen molar-refractivity contribution in [1.82, 2.24) is 14.9 Å². The lowest BCUT2D eigenvalue weighted by molar-refractivity contribution is -0.384. The molecular formula is C20H20N4O6. The van der Waals surface area contributed by atoms with Gasteiger partial charge in [-0.1, -0.05) is 0 Å². The molecule has 3 rings (SSSR count). The first-order chi connectivity index (χ1) is 14.4. The first-order valence-electron chi connectivity index (χ1n) is 8.89. The van der Waals surface area contributed by atoms with Gasteiger partial charge in [-0.25, -0.2) is 4.98 Å². The molecule has 0 fully saturated rings. The molecule has 0 aliphatic rings. The number of ether oxygens (including phenoxy) is 2. The summed E-state index contributed by atoms with van der Waals surface area (Å²) in [6.07, 6.45) is 3.43. The van der Waals surface area contributed by atoms with Gasteiger partial charge in [-0.15, -0.1) is 0 Å². The van der Waals surface area contributed by atoms with E-state index in [9.17, 15) is 20.0 Å². The second-order valence-corrected chi connectivity index (χ2v) is 6.26. The van der Waals surface area contributed by atoms with Gasteiger partial charge in [-0.2, -0.15) is 0 Å². The molecule has 30 heavy (non-hydrogen) atoms. The Labute approximate surface area is 171 Å². The molecule has 156 valence electrons. The van der Waals surface area contributed by atoms with Gasteiger partial charge in [0.15, 0.2) is 0 Å². The molecule has 10 nitrogen and oxygen atoms in total. The number of rotatable bonds is 8. The van der Waals surface area contributed by atoms with Gasteiger partial charge in [0, 0.05) is 36.1 Å². The molecule has 3 aromatic rings. The average Bonchev–Trinajstić information content (AvgIpc) is 3.31. The highest BCUT2D eigenvalue weighted by atomic mass is 16.6. The lowest BCUT2D eigenvalue weighted by Gasteiger charge is -2.16. The van der Waals surface area contributed by atoms with E-state index in [1.807, 2.05) is 0 Å². The standard InChI is InChI=1S/C20H20N4O6/c1-29-14-4-6-19(30-2)15(10-14)18(25)11-22-20(26)13-3-5-16(17(9-13)24(27)28)23-8-7-21-12-23/h3-10,12,18,25H,11H2,1-2H3,(H,22,26). The Kier molecular flexibility index (Phi) is 6.28. The van der Waals surface area contributed by atoms with Crippen molar-refractivity contribution in [2.24, 2.45) is 0 Å². The summed E-state index contributed by atoms with van der Waals surface area (Å²) < 4.78 is 11.9. The fourth-order valence-electron chi connectivity index (χ4n) is 2.93. The van der Waals surface area contributed by atoms with E-state index >= 15 is 0 Å². The van der Waals surface area contributed by atoms with E-state index in [1.165, 1.54) is 49.5 Å². The molecule has 0 spiro atoms. The molecule has 1 heterocycles. The summed E-state index contributed by atoms with van der Waals surface area (Å²) in [7, 11) is 2.97. The number of aliphatic hydroxyl groups excluding tert-OH is 1. The maximum absolute atomic E-state index is 12.5. The topological polar surface area (TPSA) is 129 Å². The lowest BCUT2D eigenvalue weighted by Crippen LogP contribution is -2.28. The van der Waals surface area contributed by atoms with Gasteiger partial charge < -0.3 is 24.5 Å². The Morgan fingerprint density at radius 3 is 2.70 bits per heavy atom. The Morgan fingerprint density at radius 1 is 1.27 bits per heavy atom. The summed E-state index contributed by atoms with van der Waals surface area (Å²) in [4.78, 5) is 27.3. The van der Waals surface area contributed by atoms with Crippen LogP contribution in [-0.4, -0.2) is 46.3 Å². The van der Waals surface area contributed by atoms with Crippen molar-refractivity contribution in [3.05, 3.63) is 76.4 Å². The van der Waals surface area contributed by atoms with Crippen molar-refractivity contribution in [3.63, 3.8) is 0 Å². The van der Waals surface area contributed by atoms with E-state index in [2.05, 4.69) is 10.3 Å². The monoisotopic (exact) mass is 412 g/mol. The lowest BCUT2D eigenvalue weighted by atomic mass is 10.1. The highest BCUT2D eigenvalue weighted by Gasteiger charge is 2.20. The van der Waals surface area contributed by atoms with Gasteiger partial charge in [-0.3, -0.25) is 14.9 Å². The minimum absolute atomic E-state index is 0.0929. The summed E-state index contributed by atoms with van der Waals surface area (Å²) in [6.45, 7) is -0.126. The number of amides is 1. The number of nitrogens with zero attached hydrogens (tertiary/aromatic N) is 3. The van der Waals surface area contributed by atoms with E-state index in [0.717, 1.165) is 0 Å². The van der Waals surface area contributed by atoms with E-state index in [0.29, 0.717) is 17.1 Å². The number of carbonyl (C=O) groups excluding carboxylic acids is 1. The number of nitrogens with one attached hydrogen (secondary N) is 1. The first kappa shape index (κ1) is 20.8. The molecule has 1 aromatic heterocycles. The summed E-state index contributed by atoms with van der Waals surface area (Å²) in [5.41, 5.74) is 0.583. The van der Waals surface area contributed by atoms with Gasteiger partial charge in [0.05, 0.1) is 25.5 Å². The summed E-state index contributed by atoms with van der Waals surface area (Å²) in [5, 5.41) is 24.5. The zero-order valence-corrected chi connectivity index (χ0v) is 16.3. The number of aliphatic hydroxyl groups is 1. The van der Waals surface area contributed by atoms with Gasteiger partial charge >= 0.3 is 0 Å². The Hall–Kier alpha value is -3.92. The van der Waals surface area contributed by atoms with E-state index in [4.69, 9.17) is 9.47 Å². The average molecular weight is 412 g/mol. The Balaban J connectivity index is 1.77. The first-order valence-corrected chi connectivity index (χ1v) is 8.89. The minimum atomic E-state index is -1.07. The van der Waals surface area contributed by atoms with Crippen molar-refractivity contribution < 1.29 is 24.3 Å². The molecule has 0 aliphatic heterocycles. The zero-order chi connectivity index (χ0) is 21.7. The molecule has 0 radical (unpaired) electrons. The molecule has 1 amide bonds. The predicted octanol–water partition coefficient (Wildman–Crippen LogP) is 2.26. The van der Waals surface area contributed by atoms with Crippen molar-refractivity contribution in [2.75, 3.05) is 20.8 Å². The van der Waals surface area contributed by atoms with Crippen LogP contribution in [0.1, 0.15) is 22.0 Å². The highest BCUT2D eigenvalue weighted by molar-refractivity contribution is 5.95. The van der Waals surface area contributed by atoms with Gasteiger partial charge in [-0.05, 0) is 30.3 Å². The molecular weight excluding hydrogens is 392 g/mol. The third-order valence-corrected chi connectivity index (χ3v) is 4.47. The van der Waals surface area contributed by atoms with Crippen molar-refractivity contribution in [2.45, 2.75) is 6.10 Å². The second kappa shape index (κ2) is 9.05. The molecule has 0 bridgehead atoms. The number of imidazole rings is 1. The molecule has 0 aliphatic carbocycles. The van der Waals surface area contributed by atoms with Crippen LogP contribution in [0.4, 0.5) is 5.69 Å². The number of nitro benzene ring substituents is 1. The van der Waals surface area contributed by atoms with E-state index in [-0.39, 0.29) is 23.5 Å². The molecule has 1 unspecified atom stereocenters. The third-order valence-electron chi connectivity index (χ3n) is 4.47. The summed E-state index contributed by atoms with van der Waals surface area (Å²) in [6, 6.07) is 9.07. The second-order valence-electron chi connectivity index (χ2n) is 6.26. The van der Waals surface area contributed by atoms with Gasteiger partial charge in [0.25, 0.3) is 11.6 Å². The fourth-order valence-corrected chi connectivity index (χ4v) is 2.93. The normalized spacial score (nSPS) is 11.6. The predicted molar refractivity (Wildman–Crippen MR) is 107 cm³/mol. The van der Waals surface area contributed by atoms with Crippen LogP contribution in [0.2, 0.25) is 0 Å². The summed E-state index contributed by atoms with van der Waals surface area (Å²) >= 11 is 0. The van der Waals surface area contributed by atoms with Crippen LogP contribution in [0.25, 0.3) is 5.69 Å². The van der Waals surface area contributed by atoms with Crippen LogP contribution in [-0.2, 0) is 0 Å². The van der Waals surface area contributed by atoms with Crippen LogP contribution >= 0.6 is 0 Å². The Morgan fingerprint density at radius 2 is 2.07 bits per heavy atom. The van der Waals surface area contributed by atoms with Crippen LogP contribution in [0.3, 0.4) is 0 Å². The zero-order valence-electron chi connectivity index (χ0n) is 16.3. The van der Waals surface area contributed by atoms with Gasteiger partial charge in [0.2, 0.25) is 0 Å². The molecule has 0 saturated heterocycles. The largest absolute Gasteiger partial charge is 0.497 e. The number of benzene rings is 2. The molecule has 2 aromatic carbocycles. The van der Waals surface area contributed by atoms with Crippen LogP contribution in [0, 0.1) is 10.1 Å².